The normalized spacial score (nSPS) is 10.8. The zero-order valence-electron chi connectivity index (χ0n) is 8.99. The Balaban J connectivity index is 2.21. The molecule has 90 valence electrons. The molecule has 0 aliphatic heterocycles. The minimum absolute atomic E-state index is 0.0578. The molecule has 1 N–H and O–H groups in total. The first-order valence-corrected chi connectivity index (χ1v) is 5.60. The fourth-order valence-corrected chi connectivity index (χ4v) is 1.66. The Morgan fingerprint density at radius 3 is 2.88 bits per heavy atom. The fourth-order valence-electron chi connectivity index (χ4n) is 1.48. The Bertz CT molecular complexity index is 513. The van der Waals surface area contributed by atoms with Crippen LogP contribution in [0.5, 0.6) is 0 Å². The second-order valence-electron chi connectivity index (χ2n) is 3.63. The predicted octanol–water partition coefficient (Wildman–Crippen LogP) is 3.06. The van der Waals surface area contributed by atoms with Crippen LogP contribution in [0.2, 0.25) is 5.02 Å². The van der Waals surface area contributed by atoms with Crippen molar-refractivity contribution in [1.82, 2.24) is 5.16 Å². The second-order valence-corrected chi connectivity index (χ2v) is 4.04. The molecule has 0 aliphatic carbocycles. The van der Waals surface area contributed by atoms with Crippen LogP contribution in [0, 0.1) is 5.82 Å². The van der Waals surface area contributed by atoms with E-state index in [1.165, 1.54) is 12.1 Å². The van der Waals surface area contributed by atoms with Crippen molar-refractivity contribution >= 4 is 11.6 Å². The quantitative estimate of drug-likeness (QED) is 0.913. The predicted molar refractivity (Wildman–Crippen MR) is 62.3 cm³/mol. The van der Waals surface area contributed by atoms with Gasteiger partial charge in [-0.3, -0.25) is 0 Å². The maximum atomic E-state index is 13.0. The Morgan fingerprint density at radius 2 is 2.18 bits per heavy atom. The summed E-state index contributed by atoms with van der Waals surface area (Å²) in [6.45, 7) is 0.110. The number of hydrogen-bond acceptors (Lipinski definition) is 3. The van der Waals surface area contributed by atoms with E-state index in [1.807, 2.05) is 0 Å². The summed E-state index contributed by atoms with van der Waals surface area (Å²) in [5.41, 5.74) is 1.32. The minimum atomic E-state index is -0.459. The first kappa shape index (κ1) is 12.1. The third-order valence-electron chi connectivity index (χ3n) is 2.36. The average molecular weight is 256 g/mol. The van der Waals surface area contributed by atoms with Crippen LogP contribution >= 0.6 is 11.6 Å². The average Bonchev–Trinajstić information content (AvgIpc) is 2.79. The van der Waals surface area contributed by atoms with E-state index in [2.05, 4.69) is 5.16 Å². The van der Waals surface area contributed by atoms with Crippen LogP contribution < -0.4 is 0 Å². The highest BCUT2D eigenvalue weighted by Crippen LogP contribution is 2.24. The highest BCUT2D eigenvalue weighted by Gasteiger charge is 2.08. The van der Waals surface area contributed by atoms with E-state index >= 15 is 0 Å². The standard InChI is InChI=1S/C12H11ClFNO2/c13-10-6-8(3-4-11(10)14)12-7-9(17-15-12)2-1-5-16/h3-4,6-7,16H,1-2,5H2. The van der Waals surface area contributed by atoms with E-state index in [1.54, 1.807) is 12.1 Å². The van der Waals surface area contributed by atoms with Crippen molar-refractivity contribution in [1.29, 1.82) is 0 Å². The van der Waals surface area contributed by atoms with Gasteiger partial charge in [0.05, 0.1) is 5.02 Å². The largest absolute Gasteiger partial charge is 0.396 e. The number of benzene rings is 1. The Hall–Kier alpha value is -1.39. The lowest BCUT2D eigenvalue weighted by atomic mass is 10.1. The third kappa shape index (κ3) is 2.84. The number of nitrogens with zero attached hydrogens (tertiary/aromatic N) is 1. The van der Waals surface area contributed by atoms with Gasteiger partial charge in [0.15, 0.2) is 0 Å². The van der Waals surface area contributed by atoms with Crippen molar-refractivity contribution in [2.75, 3.05) is 6.61 Å². The molecular formula is C12H11ClFNO2. The van der Waals surface area contributed by atoms with Crippen LogP contribution in [0.25, 0.3) is 11.3 Å². The highest BCUT2D eigenvalue weighted by atomic mass is 35.5. The molecule has 0 bridgehead atoms. The molecule has 0 amide bonds. The number of hydrogen-bond donors (Lipinski definition) is 1. The number of aliphatic hydroxyl groups excluding tert-OH is 1. The molecule has 0 aliphatic rings. The van der Waals surface area contributed by atoms with Crippen LogP contribution in [0.4, 0.5) is 4.39 Å². The molecular weight excluding hydrogens is 245 g/mol. The molecule has 0 spiro atoms. The van der Waals surface area contributed by atoms with Gasteiger partial charge in [-0.15, -0.1) is 0 Å². The summed E-state index contributed by atoms with van der Waals surface area (Å²) >= 11 is 5.69. The molecule has 0 atom stereocenters. The number of halogens is 2. The van der Waals surface area contributed by atoms with Crippen molar-refractivity contribution in [3.05, 3.63) is 40.9 Å². The first-order chi connectivity index (χ1) is 8.20. The maximum absolute atomic E-state index is 13.0. The molecule has 0 fully saturated rings. The Kier molecular flexibility index (Phi) is 3.76. The van der Waals surface area contributed by atoms with Crippen LogP contribution in [0.3, 0.4) is 0 Å². The summed E-state index contributed by atoms with van der Waals surface area (Å²) in [6, 6.07) is 6.15. The van der Waals surface area contributed by atoms with E-state index in [-0.39, 0.29) is 11.6 Å². The Morgan fingerprint density at radius 1 is 1.35 bits per heavy atom. The van der Waals surface area contributed by atoms with Gasteiger partial charge in [-0.2, -0.15) is 0 Å². The van der Waals surface area contributed by atoms with E-state index < -0.39 is 5.82 Å². The van der Waals surface area contributed by atoms with Crippen LogP contribution in [0.1, 0.15) is 12.2 Å². The van der Waals surface area contributed by atoms with E-state index in [0.717, 1.165) is 0 Å². The molecule has 0 saturated heterocycles. The van der Waals surface area contributed by atoms with Gasteiger partial charge in [-0.05, 0) is 24.6 Å². The van der Waals surface area contributed by atoms with Gasteiger partial charge in [0, 0.05) is 24.7 Å². The van der Waals surface area contributed by atoms with E-state index in [0.29, 0.717) is 29.9 Å². The zero-order chi connectivity index (χ0) is 12.3. The summed E-state index contributed by atoms with van der Waals surface area (Å²) in [5, 5.41) is 12.6. The van der Waals surface area contributed by atoms with E-state index in [9.17, 15) is 4.39 Å². The molecule has 0 saturated carbocycles. The molecule has 5 heteroatoms. The first-order valence-electron chi connectivity index (χ1n) is 5.22. The topological polar surface area (TPSA) is 46.3 Å². The van der Waals surface area contributed by atoms with Crippen LogP contribution in [0.15, 0.2) is 28.8 Å². The summed E-state index contributed by atoms with van der Waals surface area (Å²) in [7, 11) is 0. The van der Waals surface area contributed by atoms with Gasteiger partial charge in [-0.1, -0.05) is 16.8 Å². The van der Waals surface area contributed by atoms with Crippen molar-refractivity contribution in [3.63, 3.8) is 0 Å². The molecule has 17 heavy (non-hydrogen) atoms. The fraction of sp³-hybridized carbons (Fsp3) is 0.250. The van der Waals surface area contributed by atoms with Crippen molar-refractivity contribution in [2.45, 2.75) is 12.8 Å². The zero-order valence-corrected chi connectivity index (χ0v) is 9.75. The van der Waals surface area contributed by atoms with Crippen molar-refractivity contribution < 1.29 is 14.0 Å². The minimum Gasteiger partial charge on any atom is -0.396 e. The number of aromatic nitrogens is 1. The molecule has 3 nitrogen and oxygen atoms in total. The Labute approximate surface area is 103 Å². The van der Waals surface area contributed by atoms with Crippen LogP contribution in [-0.4, -0.2) is 16.9 Å². The monoisotopic (exact) mass is 255 g/mol. The second kappa shape index (κ2) is 5.29. The molecule has 2 aromatic rings. The smallest absolute Gasteiger partial charge is 0.141 e. The third-order valence-corrected chi connectivity index (χ3v) is 2.65. The highest BCUT2D eigenvalue weighted by molar-refractivity contribution is 6.31. The van der Waals surface area contributed by atoms with Crippen molar-refractivity contribution in [2.24, 2.45) is 0 Å². The molecule has 0 radical (unpaired) electrons. The lowest BCUT2D eigenvalue weighted by Gasteiger charge is -1.97. The van der Waals surface area contributed by atoms with Crippen LogP contribution in [-0.2, 0) is 6.42 Å². The molecule has 1 aromatic heterocycles. The lowest BCUT2D eigenvalue weighted by Crippen LogP contribution is -1.86. The summed E-state index contributed by atoms with van der Waals surface area (Å²) in [4.78, 5) is 0. The van der Waals surface area contributed by atoms with Gasteiger partial charge >= 0.3 is 0 Å². The van der Waals surface area contributed by atoms with Gasteiger partial charge in [0.2, 0.25) is 0 Å². The number of aryl methyl sites for hydroxylation is 1. The molecule has 0 unspecified atom stereocenters. The van der Waals surface area contributed by atoms with Gasteiger partial charge in [0.25, 0.3) is 0 Å². The molecule has 1 aromatic carbocycles. The number of aliphatic hydroxyl groups is 1. The summed E-state index contributed by atoms with van der Waals surface area (Å²) in [5.74, 6) is 0.230. The van der Waals surface area contributed by atoms with Gasteiger partial charge in [-0.25, -0.2) is 4.39 Å². The summed E-state index contributed by atoms with van der Waals surface area (Å²) < 4.78 is 18.1. The number of rotatable bonds is 4. The van der Waals surface area contributed by atoms with E-state index in [4.69, 9.17) is 21.2 Å². The van der Waals surface area contributed by atoms with Gasteiger partial charge in [0.1, 0.15) is 17.3 Å². The van der Waals surface area contributed by atoms with Gasteiger partial charge < -0.3 is 9.63 Å². The van der Waals surface area contributed by atoms with Crippen molar-refractivity contribution in [3.8, 4) is 11.3 Å². The SMILES string of the molecule is OCCCc1cc(-c2ccc(F)c(Cl)c2)no1. The summed E-state index contributed by atoms with van der Waals surface area (Å²) in [6.07, 6.45) is 1.25. The maximum Gasteiger partial charge on any atom is 0.141 e. The molecule has 1 heterocycles. The lowest BCUT2D eigenvalue weighted by molar-refractivity contribution is 0.280. The molecule has 2 rings (SSSR count).